The summed E-state index contributed by atoms with van der Waals surface area (Å²) in [6, 6.07) is 44.7. The average Bonchev–Trinajstić information content (AvgIpc) is 3.20. The second-order valence-corrected chi connectivity index (χ2v) is 15.2. The first kappa shape index (κ1) is 32.4. The molecule has 0 saturated heterocycles. The van der Waals surface area contributed by atoms with Crippen LogP contribution in [-0.4, -0.2) is 0 Å². The zero-order valence-corrected chi connectivity index (χ0v) is 31.4. The Kier molecular flexibility index (Phi) is 7.89. The molecule has 2 aliphatic carbocycles. The van der Waals surface area contributed by atoms with E-state index in [1.54, 1.807) is 33.4 Å². The molecule has 0 aliphatic heterocycles. The van der Waals surface area contributed by atoms with E-state index in [1.165, 1.54) is 89.0 Å². The van der Waals surface area contributed by atoms with Gasteiger partial charge < -0.3 is 0 Å². The van der Waals surface area contributed by atoms with Gasteiger partial charge in [-0.2, -0.15) is 0 Å². The summed E-state index contributed by atoms with van der Waals surface area (Å²) >= 11 is 0. The topological polar surface area (TPSA) is 0 Å². The summed E-state index contributed by atoms with van der Waals surface area (Å²) in [6.45, 7) is 14.2. The molecule has 0 heterocycles. The van der Waals surface area contributed by atoms with Gasteiger partial charge in [0.1, 0.15) is 0 Å². The van der Waals surface area contributed by atoms with Gasteiger partial charge in [0.2, 0.25) is 0 Å². The Morgan fingerprint density at radius 1 is 0.231 bits per heavy atom. The Labute approximate surface area is 309 Å². The minimum atomic E-state index is 0.932. The van der Waals surface area contributed by atoms with Gasteiger partial charge in [0, 0.05) is 0 Å². The van der Waals surface area contributed by atoms with Crippen LogP contribution in [0.4, 0.5) is 0 Å². The van der Waals surface area contributed by atoms with E-state index >= 15 is 0 Å². The van der Waals surface area contributed by atoms with E-state index in [0.717, 1.165) is 25.7 Å². The van der Waals surface area contributed by atoms with Crippen LogP contribution in [0.1, 0.15) is 77.9 Å². The molecule has 0 unspecified atom stereocenters. The van der Waals surface area contributed by atoms with Crippen LogP contribution in [0.3, 0.4) is 0 Å². The molecule has 0 spiro atoms. The molecule has 0 bridgehead atoms. The van der Waals surface area contributed by atoms with E-state index < -0.39 is 0 Å². The van der Waals surface area contributed by atoms with Crippen LogP contribution < -0.4 is 0 Å². The summed E-state index contributed by atoms with van der Waals surface area (Å²) in [5.41, 5.74) is 31.8. The lowest BCUT2D eigenvalue weighted by Crippen LogP contribution is -2.21. The van der Waals surface area contributed by atoms with Crippen LogP contribution in [0.15, 0.2) is 121 Å². The second kappa shape index (κ2) is 12.6. The average molecular weight is 671 g/mol. The summed E-state index contributed by atoms with van der Waals surface area (Å²) in [7, 11) is 0. The molecule has 7 aromatic rings. The van der Waals surface area contributed by atoms with Crippen molar-refractivity contribution in [2.75, 3.05) is 0 Å². The Balaban J connectivity index is 1.39. The van der Waals surface area contributed by atoms with Gasteiger partial charge in [-0.15, -0.1) is 0 Å². The quantitative estimate of drug-likeness (QED) is 0.175. The summed E-state index contributed by atoms with van der Waals surface area (Å²) < 4.78 is 0. The van der Waals surface area contributed by atoms with Crippen LogP contribution in [0.5, 0.6) is 0 Å². The fourth-order valence-corrected chi connectivity index (χ4v) is 9.76. The Morgan fingerprint density at radius 2 is 0.462 bits per heavy atom. The largest absolute Gasteiger partial charge is 0.0622 e. The number of fused-ring (bicyclic) bond motifs is 4. The summed E-state index contributed by atoms with van der Waals surface area (Å²) in [5.74, 6) is 0. The minimum Gasteiger partial charge on any atom is -0.0622 e. The van der Waals surface area contributed by atoms with Crippen LogP contribution in [-0.2, 0) is 25.7 Å². The van der Waals surface area contributed by atoms with E-state index in [0.29, 0.717) is 0 Å². The lowest BCUT2D eigenvalue weighted by Gasteiger charge is -2.36. The number of rotatable bonds is 4. The van der Waals surface area contributed by atoms with Crippen molar-refractivity contribution >= 4 is 0 Å². The van der Waals surface area contributed by atoms with Crippen LogP contribution >= 0.6 is 0 Å². The van der Waals surface area contributed by atoms with Crippen molar-refractivity contribution in [2.24, 2.45) is 0 Å². The molecule has 0 N–H and O–H groups in total. The summed E-state index contributed by atoms with van der Waals surface area (Å²) in [6.07, 6.45) is 3.94. The van der Waals surface area contributed by atoms with Gasteiger partial charge in [-0.25, -0.2) is 0 Å². The van der Waals surface area contributed by atoms with E-state index in [4.69, 9.17) is 0 Å². The molecule has 0 saturated carbocycles. The third-order valence-corrected chi connectivity index (χ3v) is 12.9. The Morgan fingerprint density at radius 3 is 0.750 bits per heavy atom. The van der Waals surface area contributed by atoms with Crippen molar-refractivity contribution in [3.8, 4) is 44.5 Å². The van der Waals surface area contributed by atoms with E-state index in [2.05, 4.69) is 163 Å². The van der Waals surface area contributed by atoms with Crippen molar-refractivity contribution in [2.45, 2.75) is 67.2 Å². The van der Waals surface area contributed by atoms with Gasteiger partial charge in [-0.3, -0.25) is 0 Å². The summed E-state index contributed by atoms with van der Waals surface area (Å²) in [5, 5.41) is 0. The van der Waals surface area contributed by atoms with Crippen LogP contribution in [0, 0.1) is 41.5 Å². The third-order valence-electron chi connectivity index (χ3n) is 12.9. The molecule has 0 atom stereocenters. The summed E-state index contributed by atoms with van der Waals surface area (Å²) in [4.78, 5) is 0. The number of hydrogen-bond donors (Lipinski definition) is 0. The molecule has 0 fully saturated rings. The number of benzene rings is 7. The Hall–Kier alpha value is -5.46. The van der Waals surface area contributed by atoms with Crippen molar-refractivity contribution in [3.05, 3.63) is 199 Å². The lowest BCUT2D eigenvalue weighted by atomic mass is 9.68. The van der Waals surface area contributed by atoms with Crippen molar-refractivity contribution in [3.63, 3.8) is 0 Å². The first-order valence-corrected chi connectivity index (χ1v) is 19.0. The van der Waals surface area contributed by atoms with E-state index in [-0.39, 0.29) is 0 Å². The zero-order valence-electron chi connectivity index (χ0n) is 31.4. The van der Waals surface area contributed by atoms with E-state index in [1.807, 2.05) is 0 Å². The van der Waals surface area contributed by atoms with Crippen LogP contribution in [0.2, 0.25) is 0 Å². The first-order chi connectivity index (χ1) is 25.3. The molecule has 52 heavy (non-hydrogen) atoms. The fourth-order valence-electron chi connectivity index (χ4n) is 9.76. The fraction of sp³-hybridized carbons (Fsp3) is 0.192. The van der Waals surface area contributed by atoms with Gasteiger partial charge >= 0.3 is 0 Å². The smallest absolute Gasteiger partial charge is 0.00106 e. The minimum absolute atomic E-state index is 0.932. The van der Waals surface area contributed by atoms with Crippen molar-refractivity contribution < 1.29 is 0 Å². The first-order valence-electron chi connectivity index (χ1n) is 19.0. The molecule has 0 heteroatoms. The van der Waals surface area contributed by atoms with Crippen molar-refractivity contribution in [1.82, 2.24) is 0 Å². The third kappa shape index (κ3) is 4.95. The molecule has 9 rings (SSSR count). The molecular formula is C52H46. The highest BCUT2D eigenvalue weighted by Crippen LogP contribution is 2.53. The standard InChI is InChI=1S/C52H46/c1-31-32(2)34(4)42-28-44-36(6)46-30-48-47(29-45(46)35(5)43(44)27-41(42)33(31)3)49(37-19-11-7-12-20-37)51(39-23-15-9-16-24-39)52(40-25-17-10-18-26-40)50(48)38-21-13-8-14-22-38/h7-26H,27-30H2,1-6H3. The maximum Gasteiger partial charge on any atom is -0.00106 e. The van der Waals surface area contributed by atoms with Gasteiger partial charge in [0.15, 0.2) is 0 Å². The molecule has 0 amide bonds. The number of hydrogen-bond acceptors (Lipinski definition) is 0. The maximum atomic E-state index is 2.44. The second-order valence-electron chi connectivity index (χ2n) is 15.2. The maximum absolute atomic E-state index is 2.44. The Bertz CT molecular complexity index is 2340. The van der Waals surface area contributed by atoms with E-state index in [9.17, 15) is 0 Å². The highest BCUT2D eigenvalue weighted by atomic mass is 14.4. The van der Waals surface area contributed by atoms with Gasteiger partial charge in [-0.05, 0) is 190 Å². The van der Waals surface area contributed by atoms with Gasteiger partial charge in [0.25, 0.3) is 0 Å². The molecule has 2 aliphatic rings. The normalized spacial score (nSPS) is 12.9. The molecule has 0 radical (unpaired) electrons. The highest BCUT2D eigenvalue weighted by Gasteiger charge is 2.34. The van der Waals surface area contributed by atoms with Gasteiger partial charge in [0.05, 0.1) is 0 Å². The predicted octanol–water partition coefficient (Wildman–Crippen LogP) is 13.2. The molecule has 0 nitrogen and oxygen atoms in total. The van der Waals surface area contributed by atoms with Gasteiger partial charge in [-0.1, -0.05) is 121 Å². The molecule has 254 valence electrons. The molecule has 0 aromatic heterocycles. The predicted molar refractivity (Wildman–Crippen MR) is 221 cm³/mol. The SMILES string of the molecule is Cc1c(C)c(C)c2c(c1C)Cc1c(C)c3c(c(C)c1C2)Cc1c(c(-c2ccccc2)c(-c2ccccc2)c(-c2ccccc2)c1-c1ccccc1)C3. The lowest BCUT2D eigenvalue weighted by molar-refractivity contribution is 0.891. The zero-order chi connectivity index (χ0) is 35.7. The van der Waals surface area contributed by atoms with Crippen molar-refractivity contribution in [1.29, 1.82) is 0 Å². The molecule has 7 aromatic carbocycles. The van der Waals surface area contributed by atoms with Crippen LogP contribution in [0.25, 0.3) is 44.5 Å². The molecular weight excluding hydrogens is 625 g/mol. The monoisotopic (exact) mass is 670 g/mol. The highest BCUT2D eigenvalue weighted by molar-refractivity contribution is 6.05.